The molecule has 5 rings (SSSR count). The van der Waals surface area contributed by atoms with Crippen LogP contribution in [0.3, 0.4) is 0 Å². The van der Waals surface area contributed by atoms with Gasteiger partial charge >= 0.3 is 0 Å². The molecule has 2 aromatic heterocycles. The molecule has 0 radical (unpaired) electrons. The van der Waals surface area contributed by atoms with Gasteiger partial charge in [-0.15, -0.1) is 0 Å². The van der Waals surface area contributed by atoms with Gasteiger partial charge in [-0.1, -0.05) is 42.5 Å². The summed E-state index contributed by atoms with van der Waals surface area (Å²) in [4.78, 5) is 19.3. The molecule has 1 atom stereocenters. The van der Waals surface area contributed by atoms with Crippen LogP contribution in [0.25, 0.3) is 5.65 Å². The van der Waals surface area contributed by atoms with E-state index in [1.54, 1.807) is 18.2 Å². The summed E-state index contributed by atoms with van der Waals surface area (Å²) >= 11 is 0. The standard InChI is InChI=1S/C26H25FN4O2/c27-22-9-3-2-8-21(22)24-17-30(15-19-7-1-4-10-23(19)33-24)18-26(32)28-13-12-20-16-31-14-6-5-11-25(31)29-20/h1-11,14,16,24H,12-13,15,17-18H2,(H,28,32). The number of imidazole rings is 1. The van der Waals surface area contributed by atoms with Crippen molar-refractivity contribution in [2.24, 2.45) is 0 Å². The Kier molecular flexibility index (Phi) is 6.04. The van der Waals surface area contributed by atoms with Gasteiger partial charge in [0.05, 0.1) is 12.2 Å². The minimum atomic E-state index is -0.499. The molecule has 1 N–H and O–H groups in total. The first-order valence-electron chi connectivity index (χ1n) is 11.1. The lowest BCUT2D eigenvalue weighted by Gasteiger charge is -2.24. The second kappa shape index (κ2) is 9.42. The maximum absolute atomic E-state index is 14.5. The zero-order valence-electron chi connectivity index (χ0n) is 18.2. The van der Waals surface area contributed by atoms with Gasteiger partial charge in [0.2, 0.25) is 5.91 Å². The van der Waals surface area contributed by atoms with Crippen molar-refractivity contribution in [3.8, 4) is 5.75 Å². The highest BCUT2D eigenvalue weighted by Crippen LogP contribution is 2.31. The number of aromatic nitrogens is 2. The first-order valence-corrected chi connectivity index (χ1v) is 11.1. The van der Waals surface area contributed by atoms with E-state index in [4.69, 9.17) is 4.74 Å². The van der Waals surface area contributed by atoms with Crippen LogP contribution in [0.4, 0.5) is 4.39 Å². The summed E-state index contributed by atoms with van der Waals surface area (Å²) in [6, 6.07) is 20.2. The van der Waals surface area contributed by atoms with Crippen molar-refractivity contribution in [3.05, 3.63) is 102 Å². The highest BCUT2D eigenvalue weighted by molar-refractivity contribution is 5.78. The number of ether oxygens (including phenoxy) is 1. The van der Waals surface area contributed by atoms with E-state index in [1.807, 2.05) is 64.2 Å². The Labute approximate surface area is 191 Å². The molecule has 0 saturated heterocycles. The summed E-state index contributed by atoms with van der Waals surface area (Å²) in [5.74, 6) is 0.338. The molecule has 0 fully saturated rings. The lowest BCUT2D eigenvalue weighted by atomic mass is 10.1. The third kappa shape index (κ3) is 4.88. The number of nitrogens with one attached hydrogen (secondary N) is 1. The van der Waals surface area contributed by atoms with Gasteiger partial charge in [0.1, 0.15) is 23.3 Å². The zero-order valence-corrected chi connectivity index (χ0v) is 18.2. The number of rotatable bonds is 6. The number of nitrogens with zero attached hydrogens (tertiary/aromatic N) is 3. The smallest absolute Gasteiger partial charge is 0.234 e. The van der Waals surface area contributed by atoms with Crippen molar-refractivity contribution in [2.75, 3.05) is 19.6 Å². The van der Waals surface area contributed by atoms with E-state index in [0.717, 1.165) is 22.7 Å². The summed E-state index contributed by atoms with van der Waals surface area (Å²) in [7, 11) is 0. The molecule has 0 spiro atoms. The van der Waals surface area contributed by atoms with Crippen LogP contribution in [0.1, 0.15) is 22.9 Å². The molecule has 2 aromatic carbocycles. The summed E-state index contributed by atoms with van der Waals surface area (Å²) < 4.78 is 22.6. The Morgan fingerprint density at radius 2 is 1.91 bits per heavy atom. The number of para-hydroxylation sites is 1. The lowest BCUT2D eigenvalue weighted by molar-refractivity contribution is -0.122. The van der Waals surface area contributed by atoms with Crippen molar-refractivity contribution in [3.63, 3.8) is 0 Å². The molecule has 4 aromatic rings. The molecular weight excluding hydrogens is 419 g/mol. The minimum absolute atomic E-state index is 0.0783. The second-order valence-corrected chi connectivity index (χ2v) is 8.20. The maximum Gasteiger partial charge on any atom is 0.234 e. The van der Waals surface area contributed by atoms with Crippen LogP contribution >= 0.6 is 0 Å². The predicted octanol–water partition coefficient (Wildman–Crippen LogP) is 3.77. The molecule has 3 heterocycles. The Bertz CT molecular complexity index is 1240. The van der Waals surface area contributed by atoms with E-state index < -0.39 is 6.10 Å². The van der Waals surface area contributed by atoms with Crippen molar-refractivity contribution < 1.29 is 13.9 Å². The van der Waals surface area contributed by atoms with Gasteiger partial charge in [0.25, 0.3) is 0 Å². The SMILES string of the molecule is O=C(CN1Cc2ccccc2OC(c2ccccc2F)C1)NCCc1cn2ccccc2n1. The summed E-state index contributed by atoms with van der Waals surface area (Å²) in [6.07, 6.45) is 4.08. The molecule has 1 aliphatic heterocycles. The minimum Gasteiger partial charge on any atom is -0.484 e. The molecular formula is C26H25FN4O2. The fourth-order valence-corrected chi connectivity index (χ4v) is 4.20. The van der Waals surface area contributed by atoms with Gasteiger partial charge in [-0.2, -0.15) is 0 Å². The quantitative estimate of drug-likeness (QED) is 0.492. The van der Waals surface area contributed by atoms with Gasteiger partial charge in [-0.25, -0.2) is 9.37 Å². The fraction of sp³-hybridized carbons (Fsp3) is 0.231. The zero-order chi connectivity index (χ0) is 22.6. The van der Waals surface area contributed by atoms with E-state index in [-0.39, 0.29) is 18.3 Å². The van der Waals surface area contributed by atoms with Crippen LogP contribution in [0.5, 0.6) is 5.75 Å². The molecule has 0 aliphatic carbocycles. The third-order valence-electron chi connectivity index (χ3n) is 5.80. The van der Waals surface area contributed by atoms with E-state index in [1.165, 1.54) is 6.07 Å². The number of hydrogen-bond acceptors (Lipinski definition) is 4. The van der Waals surface area contributed by atoms with Gasteiger partial charge in [0, 0.05) is 49.6 Å². The van der Waals surface area contributed by atoms with Gasteiger partial charge in [0.15, 0.2) is 0 Å². The number of benzene rings is 2. The number of carbonyl (C=O) groups excluding carboxylic acids is 1. The number of amides is 1. The van der Waals surface area contributed by atoms with Crippen molar-refractivity contribution >= 4 is 11.6 Å². The second-order valence-electron chi connectivity index (χ2n) is 8.20. The highest BCUT2D eigenvalue weighted by Gasteiger charge is 2.27. The monoisotopic (exact) mass is 444 g/mol. The van der Waals surface area contributed by atoms with Crippen molar-refractivity contribution in [1.29, 1.82) is 0 Å². The topological polar surface area (TPSA) is 58.9 Å². The molecule has 0 bridgehead atoms. The Hall–Kier alpha value is -3.71. The summed E-state index contributed by atoms with van der Waals surface area (Å²) in [6.45, 7) is 1.67. The predicted molar refractivity (Wildman–Crippen MR) is 123 cm³/mol. The van der Waals surface area contributed by atoms with E-state index >= 15 is 0 Å². The van der Waals surface area contributed by atoms with E-state index in [0.29, 0.717) is 31.6 Å². The maximum atomic E-state index is 14.5. The first kappa shape index (κ1) is 21.2. The van der Waals surface area contributed by atoms with Crippen LogP contribution < -0.4 is 10.1 Å². The molecule has 0 saturated carbocycles. The molecule has 1 aliphatic rings. The molecule has 6 nitrogen and oxygen atoms in total. The molecule has 1 amide bonds. The largest absolute Gasteiger partial charge is 0.484 e. The van der Waals surface area contributed by atoms with E-state index in [9.17, 15) is 9.18 Å². The molecule has 168 valence electrons. The Balaban J connectivity index is 1.24. The number of pyridine rings is 1. The average Bonchev–Trinajstić information content (AvgIpc) is 3.13. The Morgan fingerprint density at radius 1 is 1.09 bits per heavy atom. The van der Waals surface area contributed by atoms with Crippen LogP contribution in [0, 0.1) is 5.82 Å². The number of carbonyl (C=O) groups is 1. The van der Waals surface area contributed by atoms with Gasteiger partial charge < -0.3 is 14.5 Å². The van der Waals surface area contributed by atoms with Crippen molar-refractivity contribution in [2.45, 2.75) is 19.1 Å². The first-order chi connectivity index (χ1) is 16.2. The van der Waals surface area contributed by atoms with E-state index in [2.05, 4.69) is 10.3 Å². The normalized spacial score (nSPS) is 16.1. The van der Waals surface area contributed by atoms with Crippen LogP contribution in [-0.4, -0.2) is 39.8 Å². The fourth-order valence-electron chi connectivity index (χ4n) is 4.20. The Morgan fingerprint density at radius 3 is 2.79 bits per heavy atom. The third-order valence-corrected chi connectivity index (χ3v) is 5.80. The molecule has 33 heavy (non-hydrogen) atoms. The van der Waals surface area contributed by atoms with Crippen LogP contribution in [0.15, 0.2) is 79.1 Å². The highest BCUT2D eigenvalue weighted by atomic mass is 19.1. The van der Waals surface area contributed by atoms with Crippen molar-refractivity contribution in [1.82, 2.24) is 19.6 Å². The van der Waals surface area contributed by atoms with Crippen LogP contribution in [-0.2, 0) is 17.8 Å². The van der Waals surface area contributed by atoms with Gasteiger partial charge in [-0.05, 0) is 24.3 Å². The summed E-state index contributed by atoms with van der Waals surface area (Å²) in [5, 5.41) is 2.99. The number of hydrogen-bond donors (Lipinski definition) is 1. The average molecular weight is 445 g/mol. The lowest BCUT2D eigenvalue weighted by Crippen LogP contribution is -2.39. The molecule has 1 unspecified atom stereocenters. The van der Waals surface area contributed by atoms with Crippen LogP contribution in [0.2, 0.25) is 0 Å². The summed E-state index contributed by atoms with van der Waals surface area (Å²) in [5.41, 5.74) is 3.29. The number of fused-ring (bicyclic) bond motifs is 2. The number of halogens is 1. The molecule has 7 heteroatoms. The van der Waals surface area contributed by atoms with Gasteiger partial charge in [-0.3, -0.25) is 9.69 Å².